The van der Waals surface area contributed by atoms with Gasteiger partial charge in [0.05, 0.1) is 6.61 Å². The molecular weight excluding hydrogens is 276 g/mol. The second-order valence-electron chi connectivity index (χ2n) is 4.50. The van der Waals surface area contributed by atoms with E-state index in [0.717, 1.165) is 5.56 Å². The van der Waals surface area contributed by atoms with E-state index in [1.165, 1.54) is 0 Å². The van der Waals surface area contributed by atoms with Crippen molar-refractivity contribution in [1.82, 2.24) is 5.32 Å². The Morgan fingerprint density at radius 3 is 2.38 bits per heavy atom. The van der Waals surface area contributed by atoms with Crippen LogP contribution >= 0.6 is 0 Å². The number of hydrogen-bond donors (Lipinski definition) is 3. The third-order valence-electron chi connectivity index (χ3n) is 2.81. The molecule has 7 nitrogen and oxygen atoms in total. The van der Waals surface area contributed by atoms with Gasteiger partial charge >= 0.3 is 5.97 Å². The molecule has 4 N–H and O–H groups in total. The molecule has 2 amide bonds. The molecule has 7 heteroatoms. The summed E-state index contributed by atoms with van der Waals surface area (Å²) in [5, 5.41) is 11.4. The number of methoxy groups -OCH3 is 1. The lowest BCUT2D eigenvalue weighted by Gasteiger charge is -2.13. The van der Waals surface area contributed by atoms with Crippen LogP contribution in [0.15, 0.2) is 24.3 Å². The molecule has 0 fully saturated rings. The van der Waals surface area contributed by atoms with Crippen LogP contribution in [-0.2, 0) is 20.9 Å². The highest BCUT2D eigenvalue weighted by molar-refractivity contribution is 5.96. The number of benzene rings is 1. The number of nitrogens with two attached hydrogens (primary N) is 1. The number of carbonyl (C=O) groups is 3. The fourth-order valence-corrected chi connectivity index (χ4v) is 1.70. The number of carboxylic acid groups (broad SMARTS) is 1. The third-order valence-corrected chi connectivity index (χ3v) is 2.81. The first-order valence-corrected chi connectivity index (χ1v) is 6.34. The lowest BCUT2D eigenvalue weighted by molar-refractivity contribution is -0.139. The Morgan fingerprint density at radius 1 is 1.29 bits per heavy atom. The van der Waals surface area contributed by atoms with Crippen molar-refractivity contribution >= 4 is 17.8 Å². The average molecular weight is 294 g/mol. The van der Waals surface area contributed by atoms with Gasteiger partial charge in [0, 0.05) is 19.1 Å². The number of ether oxygens (including phenoxy) is 1. The Bertz CT molecular complexity index is 513. The fourth-order valence-electron chi connectivity index (χ4n) is 1.70. The summed E-state index contributed by atoms with van der Waals surface area (Å²) in [5.41, 5.74) is 6.21. The topological polar surface area (TPSA) is 119 Å². The maximum atomic E-state index is 12.0. The SMILES string of the molecule is COCc1ccc(C(=O)NC(CCC(N)=O)C(=O)O)cc1. The molecule has 1 aromatic rings. The van der Waals surface area contributed by atoms with E-state index in [-0.39, 0.29) is 12.8 Å². The summed E-state index contributed by atoms with van der Waals surface area (Å²) in [4.78, 5) is 33.7. The maximum Gasteiger partial charge on any atom is 0.326 e. The van der Waals surface area contributed by atoms with E-state index in [1.807, 2.05) is 0 Å². The monoisotopic (exact) mass is 294 g/mol. The first-order valence-electron chi connectivity index (χ1n) is 6.34. The van der Waals surface area contributed by atoms with Gasteiger partial charge in [-0.2, -0.15) is 0 Å². The number of nitrogens with one attached hydrogen (secondary N) is 1. The van der Waals surface area contributed by atoms with Crippen LogP contribution in [0.25, 0.3) is 0 Å². The van der Waals surface area contributed by atoms with E-state index in [0.29, 0.717) is 12.2 Å². The molecule has 0 saturated carbocycles. The predicted molar refractivity (Wildman–Crippen MR) is 74.5 cm³/mol. The number of primary amides is 1. The second-order valence-corrected chi connectivity index (χ2v) is 4.50. The lowest BCUT2D eigenvalue weighted by atomic mass is 10.1. The normalized spacial score (nSPS) is 11.7. The number of rotatable bonds is 8. The number of amides is 2. The summed E-state index contributed by atoms with van der Waals surface area (Å²) in [5.74, 6) is -2.34. The van der Waals surface area contributed by atoms with Gasteiger partial charge < -0.3 is 20.9 Å². The minimum atomic E-state index is -1.21. The molecule has 1 rings (SSSR count). The molecular formula is C14H18N2O5. The molecule has 0 aliphatic heterocycles. The van der Waals surface area contributed by atoms with E-state index in [9.17, 15) is 14.4 Å². The van der Waals surface area contributed by atoms with Crippen LogP contribution in [0.5, 0.6) is 0 Å². The molecule has 0 bridgehead atoms. The van der Waals surface area contributed by atoms with Crippen molar-refractivity contribution in [3.8, 4) is 0 Å². The van der Waals surface area contributed by atoms with Crippen LogP contribution in [-0.4, -0.2) is 36.0 Å². The van der Waals surface area contributed by atoms with Crippen LogP contribution < -0.4 is 11.1 Å². The highest BCUT2D eigenvalue weighted by Gasteiger charge is 2.21. The summed E-state index contributed by atoms with van der Waals surface area (Å²) >= 11 is 0. The highest BCUT2D eigenvalue weighted by atomic mass is 16.5. The fraction of sp³-hybridized carbons (Fsp3) is 0.357. The quantitative estimate of drug-likeness (QED) is 0.636. The predicted octanol–water partition coefficient (Wildman–Crippen LogP) is 0.282. The first-order chi connectivity index (χ1) is 9.93. The largest absolute Gasteiger partial charge is 0.480 e. The first kappa shape index (κ1) is 16.6. The van der Waals surface area contributed by atoms with Crippen LogP contribution in [0.3, 0.4) is 0 Å². The Balaban J connectivity index is 2.67. The average Bonchev–Trinajstić information content (AvgIpc) is 2.43. The molecule has 0 radical (unpaired) electrons. The van der Waals surface area contributed by atoms with Crippen molar-refractivity contribution in [3.63, 3.8) is 0 Å². The van der Waals surface area contributed by atoms with E-state index in [2.05, 4.69) is 5.32 Å². The highest BCUT2D eigenvalue weighted by Crippen LogP contribution is 2.07. The molecule has 0 spiro atoms. The Hall–Kier alpha value is -2.41. The van der Waals surface area contributed by atoms with Gasteiger partial charge in [-0.1, -0.05) is 12.1 Å². The minimum Gasteiger partial charge on any atom is -0.480 e. The van der Waals surface area contributed by atoms with Crippen molar-refractivity contribution in [2.24, 2.45) is 5.73 Å². The molecule has 0 aliphatic carbocycles. The van der Waals surface area contributed by atoms with Crippen molar-refractivity contribution in [3.05, 3.63) is 35.4 Å². The molecule has 1 aromatic carbocycles. The molecule has 0 aromatic heterocycles. The third kappa shape index (κ3) is 5.62. The molecule has 0 aliphatic rings. The molecule has 1 unspecified atom stereocenters. The van der Waals surface area contributed by atoms with Crippen LogP contribution in [0.1, 0.15) is 28.8 Å². The Labute approximate surface area is 122 Å². The van der Waals surface area contributed by atoms with Crippen molar-refractivity contribution in [1.29, 1.82) is 0 Å². The second kappa shape index (κ2) is 8.01. The zero-order valence-corrected chi connectivity index (χ0v) is 11.7. The van der Waals surface area contributed by atoms with Gasteiger partial charge in [-0.3, -0.25) is 9.59 Å². The van der Waals surface area contributed by atoms with Crippen LogP contribution in [0.2, 0.25) is 0 Å². The smallest absolute Gasteiger partial charge is 0.326 e. The van der Waals surface area contributed by atoms with Gasteiger partial charge in [-0.15, -0.1) is 0 Å². The van der Waals surface area contributed by atoms with Crippen LogP contribution in [0, 0.1) is 0 Å². The maximum absolute atomic E-state index is 12.0. The Morgan fingerprint density at radius 2 is 1.90 bits per heavy atom. The van der Waals surface area contributed by atoms with Gasteiger partial charge in [-0.05, 0) is 24.1 Å². The van der Waals surface area contributed by atoms with E-state index in [1.54, 1.807) is 31.4 Å². The number of hydrogen-bond acceptors (Lipinski definition) is 4. The van der Waals surface area contributed by atoms with Crippen molar-refractivity contribution < 1.29 is 24.2 Å². The van der Waals surface area contributed by atoms with Crippen molar-refractivity contribution in [2.45, 2.75) is 25.5 Å². The number of carboxylic acids is 1. The summed E-state index contributed by atoms with van der Waals surface area (Å²) in [6.07, 6.45) is -0.151. The number of aliphatic carboxylic acids is 1. The summed E-state index contributed by atoms with van der Waals surface area (Å²) in [6, 6.07) is 5.45. The lowest BCUT2D eigenvalue weighted by Crippen LogP contribution is -2.41. The van der Waals surface area contributed by atoms with Gasteiger partial charge in [-0.25, -0.2) is 4.79 Å². The van der Waals surface area contributed by atoms with E-state index >= 15 is 0 Å². The van der Waals surface area contributed by atoms with Gasteiger partial charge in [0.15, 0.2) is 0 Å². The van der Waals surface area contributed by atoms with E-state index in [4.69, 9.17) is 15.6 Å². The molecule has 0 heterocycles. The molecule has 114 valence electrons. The summed E-state index contributed by atoms with van der Waals surface area (Å²) in [6.45, 7) is 0.429. The van der Waals surface area contributed by atoms with E-state index < -0.39 is 23.8 Å². The molecule has 21 heavy (non-hydrogen) atoms. The van der Waals surface area contributed by atoms with Gasteiger partial charge in [0.25, 0.3) is 5.91 Å². The standard InChI is InChI=1S/C14H18N2O5/c1-21-8-9-2-4-10(5-3-9)13(18)16-11(14(19)20)6-7-12(15)17/h2-5,11H,6-8H2,1H3,(H2,15,17)(H,16,18)(H,19,20). The Kier molecular flexibility index (Phi) is 6.35. The zero-order valence-electron chi connectivity index (χ0n) is 11.7. The number of carbonyl (C=O) groups excluding carboxylic acids is 2. The summed E-state index contributed by atoms with van der Waals surface area (Å²) in [7, 11) is 1.57. The van der Waals surface area contributed by atoms with Crippen LogP contribution in [0.4, 0.5) is 0 Å². The summed E-state index contributed by atoms with van der Waals surface area (Å²) < 4.78 is 4.96. The zero-order chi connectivity index (χ0) is 15.8. The van der Waals surface area contributed by atoms with Gasteiger partial charge in [0.2, 0.25) is 5.91 Å². The van der Waals surface area contributed by atoms with Gasteiger partial charge in [0.1, 0.15) is 6.04 Å². The minimum absolute atomic E-state index is 0.0435. The van der Waals surface area contributed by atoms with Crippen molar-refractivity contribution in [2.75, 3.05) is 7.11 Å². The molecule has 0 saturated heterocycles. The molecule has 1 atom stereocenters.